The summed E-state index contributed by atoms with van der Waals surface area (Å²) < 4.78 is 0. The van der Waals surface area contributed by atoms with Crippen LogP contribution in [-0.4, -0.2) is 36.5 Å². The van der Waals surface area contributed by atoms with Crippen LogP contribution in [0.25, 0.3) is 0 Å². The molecular formula is C17H30N2O. The summed E-state index contributed by atoms with van der Waals surface area (Å²) in [4.78, 5) is 15.4. The molecule has 3 heteroatoms. The molecule has 2 saturated heterocycles. The second-order valence-corrected chi connectivity index (χ2v) is 7.76. The van der Waals surface area contributed by atoms with Crippen LogP contribution in [0.2, 0.25) is 0 Å². The van der Waals surface area contributed by atoms with E-state index in [9.17, 15) is 4.79 Å². The van der Waals surface area contributed by atoms with E-state index in [0.29, 0.717) is 23.8 Å². The Morgan fingerprint density at radius 1 is 1.25 bits per heavy atom. The summed E-state index contributed by atoms with van der Waals surface area (Å²) in [6.45, 7) is 7.64. The third kappa shape index (κ3) is 2.61. The van der Waals surface area contributed by atoms with Gasteiger partial charge in [-0.2, -0.15) is 0 Å². The van der Waals surface area contributed by atoms with Gasteiger partial charge < -0.3 is 10.2 Å². The lowest BCUT2D eigenvalue weighted by atomic mass is 9.77. The summed E-state index contributed by atoms with van der Waals surface area (Å²) in [5.74, 6) is 1.82. The highest BCUT2D eigenvalue weighted by Gasteiger charge is 2.47. The lowest BCUT2D eigenvalue weighted by Crippen LogP contribution is -2.44. The van der Waals surface area contributed by atoms with Crippen molar-refractivity contribution in [1.82, 2.24) is 10.2 Å². The molecule has 3 rings (SSSR count). The number of hydrogen-bond donors (Lipinski definition) is 1. The molecule has 0 aromatic rings. The van der Waals surface area contributed by atoms with E-state index in [4.69, 9.17) is 0 Å². The van der Waals surface area contributed by atoms with Gasteiger partial charge in [0.2, 0.25) is 5.91 Å². The molecular weight excluding hydrogens is 248 g/mol. The van der Waals surface area contributed by atoms with Crippen LogP contribution in [0.3, 0.4) is 0 Å². The van der Waals surface area contributed by atoms with Gasteiger partial charge in [-0.1, -0.05) is 26.7 Å². The van der Waals surface area contributed by atoms with Crippen LogP contribution in [0.4, 0.5) is 0 Å². The van der Waals surface area contributed by atoms with Crippen molar-refractivity contribution < 1.29 is 4.79 Å². The van der Waals surface area contributed by atoms with Crippen molar-refractivity contribution in [2.45, 2.75) is 64.8 Å². The first kappa shape index (κ1) is 14.4. The Bertz CT molecular complexity index is 346. The lowest BCUT2D eigenvalue weighted by molar-refractivity contribution is -0.142. The van der Waals surface area contributed by atoms with Gasteiger partial charge >= 0.3 is 0 Å². The molecule has 3 fully saturated rings. The number of nitrogens with one attached hydrogen (secondary N) is 1. The van der Waals surface area contributed by atoms with Gasteiger partial charge in [-0.25, -0.2) is 0 Å². The lowest BCUT2D eigenvalue weighted by Gasteiger charge is -2.34. The third-order valence-corrected chi connectivity index (χ3v) is 5.70. The zero-order chi connectivity index (χ0) is 14.2. The maximum Gasteiger partial charge on any atom is 0.228 e. The number of nitrogens with zero attached hydrogens (tertiary/aromatic N) is 1. The highest BCUT2D eigenvalue weighted by Crippen LogP contribution is 2.45. The first-order valence-electron chi connectivity index (χ1n) is 8.63. The van der Waals surface area contributed by atoms with Gasteiger partial charge in [0.15, 0.2) is 0 Å². The molecule has 2 atom stereocenters. The van der Waals surface area contributed by atoms with Crippen LogP contribution in [0.15, 0.2) is 0 Å². The molecule has 20 heavy (non-hydrogen) atoms. The predicted octanol–water partition coefficient (Wildman–Crippen LogP) is 2.80. The summed E-state index contributed by atoms with van der Waals surface area (Å²) in [5.41, 5.74) is -0.0122. The molecule has 0 aromatic carbocycles. The molecule has 1 aliphatic carbocycles. The monoisotopic (exact) mass is 278 g/mol. The van der Waals surface area contributed by atoms with Crippen LogP contribution in [0, 0.1) is 17.3 Å². The summed E-state index contributed by atoms with van der Waals surface area (Å²) in [6, 6.07) is 0.574. The zero-order valence-corrected chi connectivity index (χ0v) is 13.2. The molecule has 0 radical (unpaired) electrons. The van der Waals surface area contributed by atoms with E-state index in [1.807, 2.05) is 0 Å². The summed E-state index contributed by atoms with van der Waals surface area (Å²) in [6.07, 6.45) is 8.42. The minimum atomic E-state index is -0.0122. The average Bonchev–Trinajstić information content (AvgIpc) is 3.03. The van der Waals surface area contributed by atoms with Crippen LogP contribution in [0.1, 0.15) is 58.8 Å². The van der Waals surface area contributed by atoms with Crippen molar-refractivity contribution in [1.29, 1.82) is 0 Å². The second kappa shape index (κ2) is 5.67. The number of fused-ring (bicyclic) bond motifs is 1. The fourth-order valence-electron chi connectivity index (χ4n) is 4.89. The number of hydrogen-bond acceptors (Lipinski definition) is 2. The number of piperidine rings is 1. The predicted molar refractivity (Wildman–Crippen MR) is 81.5 cm³/mol. The molecule has 114 valence electrons. The molecule has 0 bridgehead atoms. The topological polar surface area (TPSA) is 32.3 Å². The Morgan fingerprint density at radius 2 is 2.00 bits per heavy atom. The van der Waals surface area contributed by atoms with Gasteiger partial charge in [0.25, 0.3) is 0 Å². The van der Waals surface area contributed by atoms with Crippen molar-refractivity contribution in [3.05, 3.63) is 0 Å². The van der Waals surface area contributed by atoms with E-state index in [0.717, 1.165) is 38.9 Å². The summed E-state index contributed by atoms with van der Waals surface area (Å²) in [5, 5.41) is 3.62. The summed E-state index contributed by atoms with van der Waals surface area (Å²) in [7, 11) is 0. The number of carbonyl (C=O) groups excluding carboxylic acids is 1. The zero-order valence-electron chi connectivity index (χ0n) is 13.2. The van der Waals surface area contributed by atoms with E-state index in [-0.39, 0.29) is 5.41 Å². The minimum absolute atomic E-state index is 0.0122. The Labute approximate surface area is 123 Å². The fourth-order valence-corrected chi connectivity index (χ4v) is 4.89. The Hall–Kier alpha value is -0.570. The number of rotatable bonds is 3. The van der Waals surface area contributed by atoms with Crippen molar-refractivity contribution in [2.75, 3.05) is 19.6 Å². The Balaban J connectivity index is 1.70. The summed E-state index contributed by atoms with van der Waals surface area (Å²) >= 11 is 0. The fraction of sp³-hybridized carbons (Fsp3) is 0.941. The molecule has 2 heterocycles. The molecule has 1 saturated carbocycles. The van der Waals surface area contributed by atoms with Gasteiger partial charge in [0, 0.05) is 24.5 Å². The van der Waals surface area contributed by atoms with Gasteiger partial charge in [-0.15, -0.1) is 0 Å². The maximum atomic E-state index is 13.1. The molecule has 0 aromatic heterocycles. The van der Waals surface area contributed by atoms with Gasteiger partial charge in [-0.3, -0.25) is 4.79 Å². The molecule has 2 unspecified atom stereocenters. The van der Waals surface area contributed by atoms with Gasteiger partial charge in [-0.05, 0) is 50.5 Å². The Kier molecular flexibility index (Phi) is 4.07. The number of amides is 1. The van der Waals surface area contributed by atoms with Crippen molar-refractivity contribution in [3.8, 4) is 0 Å². The van der Waals surface area contributed by atoms with Crippen LogP contribution < -0.4 is 5.32 Å². The Morgan fingerprint density at radius 3 is 2.65 bits per heavy atom. The molecule has 0 spiro atoms. The molecule has 1 N–H and O–H groups in total. The van der Waals surface area contributed by atoms with Crippen LogP contribution in [0.5, 0.6) is 0 Å². The van der Waals surface area contributed by atoms with Gasteiger partial charge in [0.05, 0.1) is 0 Å². The smallest absolute Gasteiger partial charge is 0.228 e. The minimum Gasteiger partial charge on any atom is -0.340 e. The van der Waals surface area contributed by atoms with Crippen LogP contribution in [-0.2, 0) is 4.79 Å². The van der Waals surface area contributed by atoms with Crippen LogP contribution >= 0.6 is 0 Å². The van der Waals surface area contributed by atoms with Crippen molar-refractivity contribution in [2.24, 2.45) is 17.3 Å². The normalized spacial score (nSPS) is 32.6. The second-order valence-electron chi connectivity index (χ2n) is 7.76. The molecule has 1 amide bonds. The number of likely N-dealkylation sites (tertiary alicyclic amines) is 1. The van der Waals surface area contributed by atoms with E-state index in [2.05, 4.69) is 24.1 Å². The van der Waals surface area contributed by atoms with Crippen molar-refractivity contribution in [3.63, 3.8) is 0 Å². The SMILES string of the molecule is CC(C)CC1(C(=O)N2CC3CCCNC3C2)CCCC1. The quantitative estimate of drug-likeness (QED) is 0.861. The van der Waals surface area contributed by atoms with E-state index < -0.39 is 0 Å². The maximum absolute atomic E-state index is 13.1. The average molecular weight is 278 g/mol. The highest BCUT2D eigenvalue weighted by molar-refractivity contribution is 5.83. The van der Waals surface area contributed by atoms with E-state index in [1.54, 1.807) is 0 Å². The third-order valence-electron chi connectivity index (χ3n) is 5.70. The molecule has 3 nitrogen and oxygen atoms in total. The van der Waals surface area contributed by atoms with Crippen molar-refractivity contribution >= 4 is 5.91 Å². The molecule has 3 aliphatic rings. The first-order valence-corrected chi connectivity index (χ1v) is 8.63. The largest absolute Gasteiger partial charge is 0.340 e. The van der Waals surface area contributed by atoms with E-state index in [1.165, 1.54) is 25.7 Å². The van der Waals surface area contributed by atoms with E-state index >= 15 is 0 Å². The highest BCUT2D eigenvalue weighted by atomic mass is 16.2. The number of carbonyl (C=O) groups is 1. The standard InChI is InChI=1S/C17H30N2O/c1-13(2)10-17(7-3-4-8-17)16(20)19-11-14-6-5-9-18-15(14)12-19/h13-15,18H,3-12H2,1-2H3. The molecule has 2 aliphatic heterocycles. The first-order chi connectivity index (χ1) is 9.61. The van der Waals surface area contributed by atoms with Gasteiger partial charge in [0.1, 0.15) is 0 Å².